The Bertz CT molecular complexity index is 555. The molecule has 0 fully saturated rings. The molecule has 1 rings (SSSR count). The topological polar surface area (TPSA) is 26.3 Å². The van der Waals surface area contributed by atoms with Crippen molar-refractivity contribution in [1.29, 1.82) is 0 Å². The summed E-state index contributed by atoms with van der Waals surface area (Å²) >= 11 is 0. The van der Waals surface area contributed by atoms with Crippen molar-refractivity contribution in [2.24, 2.45) is 0 Å². The van der Waals surface area contributed by atoms with E-state index >= 15 is 0 Å². The highest BCUT2D eigenvalue weighted by Gasteiger charge is 2.07. The van der Waals surface area contributed by atoms with Crippen molar-refractivity contribution in [1.82, 2.24) is 0 Å². The molecule has 0 aliphatic carbocycles. The monoisotopic (exact) mass is 340 g/mol. The van der Waals surface area contributed by atoms with Crippen molar-refractivity contribution in [2.75, 3.05) is 7.11 Å². The van der Waals surface area contributed by atoms with Crippen LogP contribution in [0.15, 0.2) is 55.2 Å². The Balaban J connectivity index is 2.10. The smallest absolute Gasteiger partial charge is 0.154 e. The molecule has 0 spiro atoms. The van der Waals surface area contributed by atoms with Gasteiger partial charge in [0.25, 0.3) is 0 Å². The molecule has 1 aromatic rings. The molecule has 2 heteroatoms. The second-order valence-corrected chi connectivity index (χ2v) is 6.16. The van der Waals surface area contributed by atoms with Gasteiger partial charge in [0, 0.05) is 0 Å². The standard InChI is InChI=1S/C23H32O2/c1-3-4-5-6-7-8-9-10-11-12-13-14-15-17-21-18-16-19-23(25-2)22(21)20-24/h3,5-6,8-9,16,18-20H,1,4,7,10-15,17H2,2H3/b6-5-,9-8-. The molecule has 0 aliphatic rings. The Morgan fingerprint density at radius 2 is 1.68 bits per heavy atom. The Morgan fingerprint density at radius 1 is 0.960 bits per heavy atom. The maximum atomic E-state index is 11.2. The fourth-order valence-electron chi connectivity index (χ4n) is 2.81. The summed E-state index contributed by atoms with van der Waals surface area (Å²) in [5.74, 6) is 0.679. The number of aldehydes is 1. The van der Waals surface area contributed by atoms with E-state index in [0.29, 0.717) is 11.3 Å². The van der Waals surface area contributed by atoms with Crippen LogP contribution < -0.4 is 4.74 Å². The fourth-order valence-corrected chi connectivity index (χ4v) is 2.81. The zero-order valence-electron chi connectivity index (χ0n) is 15.6. The Labute approximate surface area is 153 Å². The van der Waals surface area contributed by atoms with Gasteiger partial charge in [0.15, 0.2) is 6.29 Å². The number of ether oxygens (including phenoxy) is 1. The van der Waals surface area contributed by atoms with Crippen molar-refractivity contribution >= 4 is 6.29 Å². The highest BCUT2D eigenvalue weighted by Crippen LogP contribution is 2.22. The minimum absolute atomic E-state index is 0.679. The molecule has 136 valence electrons. The Hall–Kier alpha value is -2.09. The first-order valence-electron chi connectivity index (χ1n) is 9.35. The molecule has 0 saturated carbocycles. The fraction of sp³-hybridized carbons (Fsp3) is 0.435. The second-order valence-electron chi connectivity index (χ2n) is 6.16. The summed E-state index contributed by atoms with van der Waals surface area (Å²) in [5, 5.41) is 0. The summed E-state index contributed by atoms with van der Waals surface area (Å²) in [4.78, 5) is 11.2. The van der Waals surface area contributed by atoms with Crippen LogP contribution in [0.2, 0.25) is 0 Å². The zero-order chi connectivity index (χ0) is 18.2. The highest BCUT2D eigenvalue weighted by molar-refractivity contribution is 5.81. The van der Waals surface area contributed by atoms with Crippen molar-refractivity contribution in [3.8, 4) is 5.75 Å². The van der Waals surface area contributed by atoms with Crippen molar-refractivity contribution in [3.05, 3.63) is 66.3 Å². The largest absolute Gasteiger partial charge is 0.496 e. The van der Waals surface area contributed by atoms with Gasteiger partial charge in [-0.1, -0.05) is 61.8 Å². The van der Waals surface area contributed by atoms with Gasteiger partial charge in [-0.15, -0.1) is 6.58 Å². The van der Waals surface area contributed by atoms with E-state index in [4.69, 9.17) is 4.74 Å². The third-order valence-electron chi connectivity index (χ3n) is 4.22. The van der Waals surface area contributed by atoms with Gasteiger partial charge in [0.05, 0.1) is 12.7 Å². The van der Waals surface area contributed by atoms with Crippen LogP contribution in [0.3, 0.4) is 0 Å². The first kappa shape index (κ1) is 21.0. The van der Waals surface area contributed by atoms with Crippen molar-refractivity contribution in [2.45, 2.75) is 57.8 Å². The van der Waals surface area contributed by atoms with Gasteiger partial charge < -0.3 is 4.74 Å². The molecule has 2 nitrogen and oxygen atoms in total. The lowest BCUT2D eigenvalue weighted by atomic mass is 10.0. The number of unbranched alkanes of at least 4 members (excludes halogenated alkanes) is 5. The number of carbonyl (C=O) groups excluding carboxylic acids is 1. The summed E-state index contributed by atoms with van der Waals surface area (Å²) in [6, 6.07) is 5.83. The maximum absolute atomic E-state index is 11.2. The molecule has 0 heterocycles. The van der Waals surface area contributed by atoms with Crippen LogP contribution in [0.4, 0.5) is 0 Å². The summed E-state index contributed by atoms with van der Waals surface area (Å²) in [5.41, 5.74) is 1.80. The molecule has 0 N–H and O–H groups in total. The van der Waals surface area contributed by atoms with Crippen LogP contribution in [0, 0.1) is 0 Å². The van der Waals surface area contributed by atoms with Gasteiger partial charge in [-0.2, -0.15) is 0 Å². The first-order valence-corrected chi connectivity index (χ1v) is 9.35. The summed E-state index contributed by atoms with van der Waals surface area (Å²) < 4.78 is 5.25. The normalized spacial score (nSPS) is 11.2. The molecule has 1 aromatic carbocycles. The van der Waals surface area contributed by atoms with E-state index in [9.17, 15) is 4.79 Å². The Morgan fingerprint density at radius 3 is 2.44 bits per heavy atom. The third kappa shape index (κ3) is 9.09. The number of hydrogen-bond acceptors (Lipinski definition) is 2. The lowest BCUT2D eigenvalue weighted by Crippen LogP contribution is -1.97. The van der Waals surface area contributed by atoms with Gasteiger partial charge >= 0.3 is 0 Å². The van der Waals surface area contributed by atoms with Gasteiger partial charge in [0.1, 0.15) is 5.75 Å². The maximum Gasteiger partial charge on any atom is 0.154 e. The highest BCUT2D eigenvalue weighted by atomic mass is 16.5. The molecule has 0 aromatic heterocycles. The molecule has 0 bridgehead atoms. The number of methoxy groups -OCH3 is 1. The molecule has 0 radical (unpaired) electrons. The zero-order valence-corrected chi connectivity index (χ0v) is 15.6. The van der Waals surface area contributed by atoms with Crippen molar-refractivity contribution in [3.63, 3.8) is 0 Å². The quantitative estimate of drug-likeness (QED) is 0.220. The molecule has 0 atom stereocenters. The van der Waals surface area contributed by atoms with Crippen LogP contribution in [-0.4, -0.2) is 13.4 Å². The summed E-state index contributed by atoms with van der Waals surface area (Å²) in [7, 11) is 1.61. The van der Waals surface area contributed by atoms with Crippen LogP contribution in [-0.2, 0) is 6.42 Å². The van der Waals surface area contributed by atoms with Crippen LogP contribution in [0.5, 0.6) is 5.75 Å². The number of allylic oxidation sites excluding steroid dienone is 5. The van der Waals surface area contributed by atoms with Gasteiger partial charge in [-0.05, 0) is 50.2 Å². The van der Waals surface area contributed by atoms with E-state index < -0.39 is 0 Å². The van der Waals surface area contributed by atoms with Crippen LogP contribution in [0.25, 0.3) is 0 Å². The molecular weight excluding hydrogens is 308 g/mol. The lowest BCUT2D eigenvalue weighted by Gasteiger charge is -2.09. The minimum Gasteiger partial charge on any atom is -0.496 e. The predicted molar refractivity (Wildman–Crippen MR) is 107 cm³/mol. The van der Waals surface area contributed by atoms with E-state index in [1.807, 2.05) is 24.3 Å². The molecule has 0 unspecified atom stereocenters. The number of carbonyl (C=O) groups is 1. The van der Waals surface area contributed by atoms with E-state index in [-0.39, 0.29) is 0 Å². The molecular formula is C23H32O2. The number of aryl methyl sites for hydroxylation is 1. The average Bonchev–Trinajstić information content (AvgIpc) is 2.65. The van der Waals surface area contributed by atoms with Crippen molar-refractivity contribution < 1.29 is 9.53 Å². The third-order valence-corrected chi connectivity index (χ3v) is 4.22. The van der Waals surface area contributed by atoms with E-state index in [1.165, 1.54) is 32.1 Å². The molecule has 0 amide bonds. The molecule has 25 heavy (non-hydrogen) atoms. The lowest BCUT2D eigenvalue weighted by molar-refractivity contribution is 0.111. The van der Waals surface area contributed by atoms with E-state index in [0.717, 1.165) is 37.5 Å². The van der Waals surface area contributed by atoms with Gasteiger partial charge in [0.2, 0.25) is 0 Å². The van der Waals surface area contributed by atoms with Crippen LogP contribution in [0.1, 0.15) is 67.3 Å². The number of rotatable bonds is 14. The van der Waals surface area contributed by atoms with E-state index in [2.05, 4.69) is 30.9 Å². The molecule has 0 aliphatic heterocycles. The minimum atomic E-state index is 0.679. The summed E-state index contributed by atoms with van der Waals surface area (Å²) in [6.07, 6.45) is 21.9. The predicted octanol–water partition coefficient (Wildman–Crippen LogP) is 6.47. The SMILES string of the molecule is C=CC/C=C\C/C=C\CCCCCCCc1cccc(OC)c1C=O. The number of benzene rings is 1. The number of hydrogen-bond donors (Lipinski definition) is 0. The summed E-state index contributed by atoms with van der Waals surface area (Å²) in [6.45, 7) is 3.69. The van der Waals surface area contributed by atoms with Gasteiger partial charge in [-0.3, -0.25) is 4.79 Å². The van der Waals surface area contributed by atoms with Crippen LogP contribution >= 0.6 is 0 Å². The Kier molecular flexibility index (Phi) is 12.0. The first-order chi connectivity index (χ1) is 12.3. The average molecular weight is 341 g/mol. The van der Waals surface area contributed by atoms with E-state index in [1.54, 1.807) is 7.11 Å². The molecule has 0 saturated heterocycles. The second kappa shape index (κ2) is 14.3. The van der Waals surface area contributed by atoms with Gasteiger partial charge in [-0.25, -0.2) is 0 Å².